The van der Waals surface area contributed by atoms with Crippen molar-refractivity contribution in [3.8, 4) is 0 Å². The molecule has 0 bridgehead atoms. The molecule has 72 valence electrons. The lowest BCUT2D eigenvalue weighted by Crippen LogP contribution is -2.02. The molecule has 1 unspecified atom stereocenters. The first-order chi connectivity index (χ1) is 5.66. The van der Waals surface area contributed by atoms with Crippen LogP contribution in [-0.4, -0.2) is 10.6 Å². The minimum Gasteiger partial charge on any atom is -0.281 e. The summed E-state index contributed by atoms with van der Waals surface area (Å²) in [6.45, 7) is 2.17. The molecule has 0 heterocycles. The van der Waals surface area contributed by atoms with Crippen molar-refractivity contribution in [2.24, 2.45) is 0 Å². The van der Waals surface area contributed by atoms with Gasteiger partial charge in [-0.25, -0.2) is 0 Å². The van der Waals surface area contributed by atoms with E-state index in [0.717, 1.165) is 12.8 Å². The van der Waals surface area contributed by atoms with E-state index in [0.29, 0.717) is 6.42 Å². The van der Waals surface area contributed by atoms with E-state index in [-0.39, 0.29) is 10.6 Å². The van der Waals surface area contributed by atoms with Crippen LogP contribution < -0.4 is 0 Å². The van der Waals surface area contributed by atoms with Crippen molar-refractivity contribution in [3.05, 3.63) is 0 Å². The number of rotatable bonds is 7. The van der Waals surface area contributed by atoms with Crippen molar-refractivity contribution < 1.29 is 4.79 Å². The molecule has 0 saturated carbocycles. The molecule has 0 radical (unpaired) electrons. The Labute approximate surface area is 84.4 Å². The molecular weight excluding hydrogens is 195 g/mol. The fourth-order valence-electron chi connectivity index (χ4n) is 1.07. The van der Waals surface area contributed by atoms with Crippen molar-refractivity contribution in [2.75, 3.05) is 0 Å². The van der Waals surface area contributed by atoms with Gasteiger partial charge in [-0.2, -0.15) is 0 Å². The van der Waals surface area contributed by atoms with Gasteiger partial charge in [0.25, 0.3) is 0 Å². The second-order valence-corrected chi connectivity index (χ2v) is 4.04. The first-order valence-electron chi connectivity index (χ1n) is 4.49. The van der Waals surface area contributed by atoms with Crippen molar-refractivity contribution in [3.63, 3.8) is 0 Å². The van der Waals surface area contributed by atoms with Gasteiger partial charge in [0, 0.05) is 11.8 Å². The zero-order valence-corrected chi connectivity index (χ0v) is 9.00. The van der Waals surface area contributed by atoms with E-state index >= 15 is 0 Å². The quantitative estimate of drug-likeness (QED) is 0.356. The van der Waals surface area contributed by atoms with Gasteiger partial charge in [-0.1, -0.05) is 32.6 Å². The second-order valence-electron chi connectivity index (χ2n) is 3.01. The van der Waals surface area contributed by atoms with E-state index in [1.807, 2.05) is 0 Å². The molecule has 0 aromatic carbocycles. The van der Waals surface area contributed by atoms with Crippen LogP contribution >= 0.6 is 23.2 Å². The first kappa shape index (κ1) is 12.2. The Hall–Kier alpha value is 0.250. The van der Waals surface area contributed by atoms with E-state index in [4.69, 9.17) is 23.2 Å². The lowest BCUT2D eigenvalue weighted by Gasteiger charge is -2.04. The summed E-state index contributed by atoms with van der Waals surface area (Å²) in [5.74, 6) is 0. The fourth-order valence-corrected chi connectivity index (χ4v) is 1.63. The molecule has 0 aliphatic rings. The van der Waals surface area contributed by atoms with Crippen LogP contribution in [0.4, 0.5) is 0 Å². The number of alkyl halides is 1. The molecule has 3 heteroatoms. The van der Waals surface area contributed by atoms with Crippen LogP contribution in [0.3, 0.4) is 0 Å². The Kier molecular flexibility index (Phi) is 8.04. The molecule has 1 atom stereocenters. The van der Waals surface area contributed by atoms with Crippen molar-refractivity contribution >= 4 is 28.4 Å². The Balaban J connectivity index is 3.19. The number of halogens is 2. The van der Waals surface area contributed by atoms with Gasteiger partial charge >= 0.3 is 0 Å². The highest BCUT2D eigenvalue weighted by Crippen LogP contribution is 2.14. The average Bonchev–Trinajstić information content (AvgIpc) is 1.97. The predicted octanol–water partition coefficient (Wildman–Crippen LogP) is 3.72. The molecule has 0 aromatic heterocycles. The summed E-state index contributed by atoms with van der Waals surface area (Å²) in [6.07, 6.45) is 5.98. The van der Waals surface area contributed by atoms with Crippen molar-refractivity contribution in [2.45, 2.75) is 50.8 Å². The highest BCUT2D eigenvalue weighted by molar-refractivity contribution is 6.63. The van der Waals surface area contributed by atoms with Gasteiger partial charge in [-0.15, -0.1) is 11.6 Å². The number of hydrogen-bond donors (Lipinski definition) is 0. The van der Waals surface area contributed by atoms with Crippen molar-refractivity contribution in [1.82, 2.24) is 0 Å². The SMILES string of the molecule is CCCCCCC(Cl)CC(=O)Cl. The van der Waals surface area contributed by atoms with Gasteiger partial charge in [0.05, 0.1) is 0 Å². The minimum absolute atomic E-state index is 0.0631. The van der Waals surface area contributed by atoms with E-state index in [9.17, 15) is 4.79 Å². The van der Waals surface area contributed by atoms with Gasteiger partial charge in [0.1, 0.15) is 0 Å². The average molecular weight is 211 g/mol. The molecule has 12 heavy (non-hydrogen) atoms. The first-order valence-corrected chi connectivity index (χ1v) is 5.30. The molecule has 0 rings (SSSR count). The topological polar surface area (TPSA) is 17.1 Å². The number of carbonyl (C=O) groups excluding carboxylic acids is 1. The molecule has 0 saturated heterocycles. The lowest BCUT2D eigenvalue weighted by molar-refractivity contribution is -0.111. The van der Waals surface area contributed by atoms with Crippen LogP contribution in [0.1, 0.15) is 45.4 Å². The monoisotopic (exact) mass is 210 g/mol. The smallest absolute Gasteiger partial charge is 0.223 e. The predicted molar refractivity (Wildman–Crippen MR) is 53.9 cm³/mol. The Morgan fingerprint density at radius 1 is 1.33 bits per heavy atom. The molecule has 1 nitrogen and oxygen atoms in total. The fraction of sp³-hybridized carbons (Fsp3) is 0.889. The number of carbonyl (C=O) groups is 1. The molecule has 0 N–H and O–H groups in total. The van der Waals surface area contributed by atoms with E-state index in [1.54, 1.807) is 0 Å². The Morgan fingerprint density at radius 2 is 2.00 bits per heavy atom. The molecule has 0 aromatic rings. The van der Waals surface area contributed by atoms with Crippen molar-refractivity contribution in [1.29, 1.82) is 0 Å². The summed E-state index contributed by atoms with van der Waals surface area (Å²) in [5.41, 5.74) is 0. The summed E-state index contributed by atoms with van der Waals surface area (Å²) < 4.78 is 0. The maximum Gasteiger partial charge on any atom is 0.223 e. The van der Waals surface area contributed by atoms with E-state index in [1.165, 1.54) is 19.3 Å². The maximum absolute atomic E-state index is 10.4. The van der Waals surface area contributed by atoms with Crippen LogP contribution in [0.15, 0.2) is 0 Å². The van der Waals surface area contributed by atoms with Crippen LogP contribution in [0.2, 0.25) is 0 Å². The third-order valence-corrected chi connectivity index (χ3v) is 2.28. The highest BCUT2D eigenvalue weighted by atomic mass is 35.5. The van der Waals surface area contributed by atoms with Gasteiger partial charge in [-0.3, -0.25) is 4.79 Å². The van der Waals surface area contributed by atoms with Gasteiger partial charge < -0.3 is 0 Å². The van der Waals surface area contributed by atoms with Crippen LogP contribution in [0.25, 0.3) is 0 Å². The molecule has 0 fully saturated rings. The number of hydrogen-bond acceptors (Lipinski definition) is 1. The lowest BCUT2D eigenvalue weighted by atomic mass is 10.1. The normalized spacial score (nSPS) is 12.9. The molecular formula is C9H16Cl2O. The zero-order valence-electron chi connectivity index (χ0n) is 7.48. The molecule has 0 aliphatic heterocycles. The largest absolute Gasteiger partial charge is 0.281 e. The van der Waals surface area contributed by atoms with Crippen LogP contribution in [0, 0.1) is 0 Å². The Morgan fingerprint density at radius 3 is 2.50 bits per heavy atom. The van der Waals surface area contributed by atoms with Gasteiger partial charge in [0.2, 0.25) is 5.24 Å². The third kappa shape index (κ3) is 8.35. The summed E-state index contributed by atoms with van der Waals surface area (Å²) in [5, 5.41) is -0.391. The number of unbranched alkanes of at least 4 members (excludes halogenated alkanes) is 3. The van der Waals surface area contributed by atoms with Gasteiger partial charge in [0.15, 0.2) is 0 Å². The zero-order chi connectivity index (χ0) is 9.40. The highest BCUT2D eigenvalue weighted by Gasteiger charge is 2.07. The van der Waals surface area contributed by atoms with E-state index < -0.39 is 0 Å². The standard InChI is InChI=1S/C9H16Cl2O/c1-2-3-4-5-6-8(10)7-9(11)12/h8H,2-7H2,1H3. The summed E-state index contributed by atoms with van der Waals surface area (Å²) in [6, 6.07) is 0. The summed E-state index contributed by atoms with van der Waals surface area (Å²) >= 11 is 11.0. The van der Waals surface area contributed by atoms with Crippen LogP contribution in [0.5, 0.6) is 0 Å². The molecule has 0 amide bonds. The summed E-state index contributed by atoms with van der Waals surface area (Å²) in [7, 11) is 0. The van der Waals surface area contributed by atoms with Crippen LogP contribution in [-0.2, 0) is 4.79 Å². The Bertz CT molecular complexity index is 126. The minimum atomic E-state index is -0.328. The molecule has 0 aliphatic carbocycles. The molecule has 0 spiro atoms. The van der Waals surface area contributed by atoms with Gasteiger partial charge in [-0.05, 0) is 18.0 Å². The van der Waals surface area contributed by atoms with E-state index in [2.05, 4.69) is 6.92 Å². The third-order valence-electron chi connectivity index (χ3n) is 1.75. The second kappa shape index (κ2) is 7.88. The maximum atomic E-state index is 10.4. The summed E-state index contributed by atoms with van der Waals surface area (Å²) in [4.78, 5) is 10.4.